The molecule has 6 nitrogen and oxygen atoms in total. The van der Waals surface area contributed by atoms with Crippen LogP contribution in [0.5, 0.6) is 0 Å². The number of aliphatic hydroxyl groups excluding tert-OH is 1. The molecule has 1 aliphatic heterocycles. The first kappa shape index (κ1) is 20.2. The molecule has 25 heavy (non-hydrogen) atoms. The van der Waals surface area contributed by atoms with Crippen molar-refractivity contribution in [3.05, 3.63) is 24.3 Å². The molecule has 3 unspecified atom stereocenters. The van der Waals surface area contributed by atoms with Crippen molar-refractivity contribution >= 4 is 27.5 Å². The number of rotatable bonds is 8. The third-order valence-electron chi connectivity index (χ3n) is 4.17. The molecule has 0 bridgehead atoms. The van der Waals surface area contributed by atoms with Gasteiger partial charge in [0.05, 0.1) is 22.0 Å². The molecule has 0 saturated carbocycles. The molecule has 1 aromatic rings. The van der Waals surface area contributed by atoms with Crippen molar-refractivity contribution in [1.82, 2.24) is 10.6 Å². The van der Waals surface area contributed by atoms with Crippen LogP contribution < -0.4 is 10.6 Å². The zero-order valence-corrected chi connectivity index (χ0v) is 16.2. The van der Waals surface area contributed by atoms with Crippen molar-refractivity contribution in [2.75, 3.05) is 25.4 Å². The quantitative estimate of drug-likeness (QED) is 0.578. The van der Waals surface area contributed by atoms with Crippen LogP contribution in [0.3, 0.4) is 0 Å². The molecule has 3 N–H and O–H groups in total. The van der Waals surface area contributed by atoms with Crippen LogP contribution in [-0.4, -0.2) is 56.2 Å². The van der Waals surface area contributed by atoms with E-state index in [1.807, 2.05) is 6.92 Å². The minimum absolute atomic E-state index is 0.0124. The Kier molecular flexibility index (Phi) is 7.30. The number of benzene rings is 1. The second-order valence-electron chi connectivity index (χ2n) is 6.26. The molecule has 1 aromatic carbocycles. The van der Waals surface area contributed by atoms with Gasteiger partial charge in [0, 0.05) is 30.4 Å². The molecule has 0 aromatic heterocycles. The largest absolute Gasteiger partial charge is 0.391 e. The average Bonchev–Trinajstić information content (AvgIpc) is 2.98. The first-order valence-corrected chi connectivity index (χ1v) is 11.0. The number of thioether (sulfide) groups is 1. The van der Waals surface area contributed by atoms with Gasteiger partial charge in [0.2, 0.25) is 5.91 Å². The molecule has 140 valence electrons. The van der Waals surface area contributed by atoms with Crippen LogP contribution in [0, 0.1) is 5.92 Å². The first-order valence-electron chi connectivity index (χ1n) is 8.50. The standard InChI is InChI=1S/C17H26N2O4S2/c1-3-8-25(22,23)16-7-5-4-6-15(16)24-12(2)17(21)19-10-13-9-18-11-14(13)20/h4-7,12-14,18,20H,3,8-11H2,1-2H3,(H,19,21). The Hall–Kier alpha value is -1.09. The van der Waals surface area contributed by atoms with Gasteiger partial charge in [0.1, 0.15) is 0 Å². The van der Waals surface area contributed by atoms with Crippen LogP contribution in [0.15, 0.2) is 34.1 Å². The van der Waals surface area contributed by atoms with Crippen molar-refractivity contribution in [2.45, 2.75) is 41.4 Å². The summed E-state index contributed by atoms with van der Waals surface area (Å²) in [5.74, 6) is -0.0530. The number of β-amino-alcohol motifs (C(OH)–C–C–N with tert-alkyl or cyclic N) is 1. The van der Waals surface area contributed by atoms with E-state index in [0.717, 1.165) is 0 Å². The number of amides is 1. The molecule has 1 amide bonds. The molecule has 1 heterocycles. The summed E-state index contributed by atoms with van der Waals surface area (Å²) in [4.78, 5) is 13.2. The fourth-order valence-electron chi connectivity index (χ4n) is 2.73. The second kappa shape index (κ2) is 9.02. The molecule has 3 atom stereocenters. The summed E-state index contributed by atoms with van der Waals surface area (Å²) in [5.41, 5.74) is 0. The normalized spacial score (nSPS) is 21.9. The van der Waals surface area contributed by atoms with Gasteiger partial charge < -0.3 is 15.7 Å². The third-order valence-corrected chi connectivity index (χ3v) is 7.45. The van der Waals surface area contributed by atoms with E-state index in [4.69, 9.17) is 0 Å². The van der Waals surface area contributed by atoms with Crippen LogP contribution in [0.25, 0.3) is 0 Å². The SMILES string of the molecule is CCCS(=O)(=O)c1ccccc1SC(C)C(=O)NCC1CNCC1O. The molecule has 1 saturated heterocycles. The van der Waals surface area contributed by atoms with Crippen molar-refractivity contribution in [3.8, 4) is 0 Å². The summed E-state index contributed by atoms with van der Waals surface area (Å²) >= 11 is 1.24. The number of hydrogen-bond donors (Lipinski definition) is 3. The van der Waals surface area contributed by atoms with Crippen molar-refractivity contribution in [2.24, 2.45) is 5.92 Å². The molecular formula is C17H26N2O4S2. The number of aliphatic hydroxyl groups is 1. The first-order chi connectivity index (χ1) is 11.8. The third kappa shape index (κ3) is 5.44. The van der Waals surface area contributed by atoms with Crippen molar-refractivity contribution in [1.29, 1.82) is 0 Å². The lowest BCUT2D eigenvalue weighted by atomic mass is 10.1. The van der Waals surface area contributed by atoms with Gasteiger partial charge in [-0.2, -0.15) is 0 Å². The zero-order chi connectivity index (χ0) is 18.4. The van der Waals surface area contributed by atoms with Gasteiger partial charge in [-0.25, -0.2) is 8.42 Å². The zero-order valence-electron chi connectivity index (χ0n) is 14.6. The fourth-order valence-corrected chi connectivity index (χ4v) is 5.59. The highest BCUT2D eigenvalue weighted by Gasteiger charge is 2.26. The number of hydrogen-bond acceptors (Lipinski definition) is 6. The number of carbonyl (C=O) groups is 1. The highest BCUT2D eigenvalue weighted by atomic mass is 32.2. The lowest BCUT2D eigenvalue weighted by molar-refractivity contribution is -0.120. The Morgan fingerprint density at radius 2 is 2.12 bits per heavy atom. The summed E-state index contributed by atoms with van der Waals surface area (Å²) in [6.07, 6.45) is 0.109. The highest BCUT2D eigenvalue weighted by Crippen LogP contribution is 2.30. The summed E-state index contributed by atoms with van der Waals surface area (Å²) in [5, 5.41) is 15.3. The van der Waals surface area contributed by atoms with Gasteiger partial charge in [-0.15, -0.1) is 11.8 Å². The van der Waals surface area contributed by atoms with Crippen LogP contribution in [0.2, 0.25) is 0 Å². The molecule has 2 rings (SSSR count). The Morgan fingerprint density at radius 3 is 2.76 bits per heavy atom. The topological polar surface area (TPSA) is 95.5 Å². The van der Waals surface area contributed by atoms with Crippen molar-refractivity contribution < 1.29 is 18.3 Å². The van der Waals surface area contributed by atoms with Gasteiger partial charge in [-0.3, -0.25) is 4.79 Å². The molecule has 1 fully saturated rings. The average molecular weight is 387 g/mol. The van der Waals surface area contributed by atoms with E-state index in [0.29, 0.717) is 31.0 Å². The lowest BCUT2D eigenvalue weighted by Crippen LogP contribution is -2.38. The lowest BCUT2D eigenvalue weighted by Gasteiger charge is -2.17. The summed E-state index contributed by atoms with van der Waals surface area (Å²) in [6, 6.07) is 6.81. The van der Waals surface area contributed by atoms with E-state index in [-0.39, 0.29) is 22.5 Å². The molecule has 1 aliphatic rings. The van der Waals surface area contributed by atoms with Crippen LogP contribution >= 0.6 is 11.8 Å². The van der Waals surface area contributed by atoms with E-state index >= 15 is 0 Å². The maximum Gasteiger partial charge on any atom is 0.233 e. The molecule has 8 heteroatoms. The molecule has 0 radical (unpaired) electrons. The predicted octanol–water partition coefficient (Wildman–Crippen LogP) is 1.05. The van der Waals surface area contributed by atoms with Gasteiger partial charge in [0.15, 0.2) is 9.84 Å². The molecule has 0 aliphatic carbocycles. The van der Waals surface area contributed by atoms with Gasteiger partial charge in [-0.1, -0.05) is 19.1 Å². The van der Waals surface area contributed by atoms with E-state index in [1.165, 1.54) is 11.8 Å². The van der Waals surface area contributed by atoms with Crippen LogP contribution in [0.4, 0.5) is 0 Å². The number of sulfone groups is 1. The maximum absolute atomic E-state index is 12.4. The molecule has 0 spiro atoms. The highest BCUT2D eigenvalue weighted by molar-refractivity contribution is 8.01. The monoisotopic (exact) mass is 386 g/mol. The van der Waals surface area contributed by atoms with E-state index in [2.05, 4.69) is 10.6 Å². The maximum atomic E-state index is 12.4. The number of nitrogens with one attached hydrogen (secondary N) is 2. The van der Waals surface area contributed by atoms with Gasteiger partial charge in [0.25, 0.3) is 0 Å². The van der Waals surface area contributed by atoms with Gasteiger partial charge in [-0.05, 0) is 25.5 Å². The van der Waals surface area contributed by atoms with Gasteiger partial charge >= 0.3 is 0 Å². The predicted molar refractivity (Wildman–Crippen MR) is 99.5 cm³/mol. The Bertz CT molecular complexity index is 694. The summed E-state index contributed by atoms with van der Waals surface area (Å²) < 4.78 is 24.8. The fraction of sp³-hybridized carbons (Fsp3) is 0.588. The Morgan fingerprint density at radius 1 is 1.40 bits per heavy atom. The van der Waals surface area contributed by atoms with Crippen LogP contribution in [0.1, 0.15) is 20.3 Å². The minimum atomic E-state index is -3.34. The summed E-state index contributed by atoms with van der Waals surface area (Å²) in [6.45, 7) is 5.23. The molecular weight excluding hydrogens is 360 g/mol. The van der Waals surface area contributed by atoms with Crippen LogP contribution in [-0.2, 0) is 14.6 Å². The van der Waals surface area contributed by atoms with E-state index < -0.39 is 21.2 Å². The smallest absolute Gasteiger partial charge is 0.233 e. The minimum Gasteiger partial charge on any atom is -0.391 e. The second-order valence-corrected chi connectivity index (χ2v) is 9.72. The number of carbonyl (C=O) groups excluding carboxylic acids is 1. The Balaban J connectivity index is 2.00. The summed E-state index contributed by atoms with van der Waals surface area (Å²) in [7, 11) is -3.34. The Labute approximate surface area is 153 Å². The van der Waals surface area contributed by atoms with Crippen molar-refractivity contribution in [3.63, 3.8) is 0 Å². The van der Waals surface area contributed by atoms with E-state index in [9.17, 15) is 18.3 Å². The van der Waals surface area contributed by atoms with E-state index in [1.54, 1.807) is 31.2 Å².